The molecule has 0 aliphatic rings. The summed E-state index contributed by atoms with van der Waals surface area (Å²) in [5.74, 6) is -1.04. The van der Waals surface area contributed by atoms with Crippen LogP contribution in [-0.4, -0.2) is 20.1 Å². The number of aromatic hydroxyl groups is 2. The monoisotopic (exact) mass is 560 g/mol. The average molecular weight is 561 g/mol. The van der Waals surface area contributed by atoms with Gasteiger partial charge in [0.05, 0.1) is 29.4 Å². The molecule has 2 N–H and O–H groups in total. The summed E-state index contributed by atoms with van der Waals surface area (Å²) >= 11 is 1.46. The fourth-order valence-corrected chi connectivity index (χ4v) is 5.98. The van der Waals surface area contributed by atoms with Crippen LogP contribution >= 0.6 is 23.5 Å². The second-order valence-corrected chi connectivity index (χ2v) is 10.2. The van der Waals surface area contributed by atoms with Crippen molar-refractivity contribution in [3.63, 3.8) is 0 Å². The Balaban J connectivity index is 1.80. The highest BCUT2D eigenvalue weighted by molar-refractivity contribution is 8.00. The lowest BCUT2D eigenvalue weighted by Gasteiger charge is -2.15. The molecule has 0 unspecified atom stereocenters. The number of nitro groups is 2. The highest BCUT2D eigenvalue weighted by Crippen LogP contribution is 2.53. The molecule has 0 aliphatic heterocycles. The maximum Gasteiger partial charge on any atom is 0.283 e. The van der Waals surface area contributed by atoms with Crippen LogP contribution in [0.3, 0.4) is 0 Å². The summed E-state index contributed by atoms with van der Waals surface area (Å²) in [6.45, 7) is 0. The molecule has 194 valence electrons. The van der Waals surface area contributed by atoms with Crippen molar-refractivity contribution in [1.82, 2.24) is 0 Å². The molecule has 1 heterocycles. The van der Waals surface area contributed by atoms with Gasteiger partial charge in [0, 0.05) is 23.8 Å². The summed E-state index contributed by atoms with van der Waals surface area (Å²) in [7, 11) is 0. The van der Waals surface area contributed by atoms with Gasteiger partial charge >= 0.3 is 0 Å². The first-order chi connectivity index (χ1) is 18.8. The largest absolute Gasteiger partial charge is 0.506 e. The zero-order valence-electron chi connectivity index (χ0n) is 19.6. The maximum absolute atomic E-state index is 13.3. The Labute approximate surface area is 227 Å². The standard InChI is InChI=1S/C27H16N2O8S2/c30-18-14-19(15-8-2-1-3-9-15)37-25-22(18)23(31)26(38-20-12-6-4-10-16(20)28(33)34)24(32)27(25)39-21-13-7-5-11-17(21)29(35)36/h1-14,31-32H. The van der Waals surface area contributed by atoms with Crippen LogP contribution in [0.1, 0.15) is 0 Å². The molecule has 0 radical (unpaired) electrons. The zero-order chi connectivity index (χ0) is 27.7. The Kier molecular flexibility index (Phi) is 6.96. The van der Waals surface area contributed by atoms with Gasteiger partial charge in [-0.25, -0.2) is 0 Å². The molecule has 0 spiro atoms. The number of nitrogens with zero attached hydrogens (tertiary/aromatic N) is 2. The van der Waals surface area contributed by atoms with Crippen LogP contribution in [0.4, 0.5) is 11.4 Å². The van der Waals surface area contributed by atoms with E-state index in [2.05, 4.69) is 0 Å². The summed E-state index contributed by atoms with van der Waals surface area (Å²) in [5, 5.41) is 45.5. The molecule has 10 nitrogen and oxygen atoms in total. The molecule has 5 aromatic rings. The molecule has 0 bridgehead atoms. The van der Waals surface area contributed by atoms with Crippen molar-refractivity contribution < 1.29 is 24.5 Å². The van der Waals surface area contributed by atoms with Crippen molar-refractivity contribution in [1.29, 1.82) is 0 Å². The van der Waals surface area contributed by atoms with Crippen LogP contribution in [0.15, 0.2) is 114 Å². The first kappa shape index (κ1) is 25.8. The topological polar surface area (TPSA) is 157 Å². The van der Waals surface area contributed by atoms with Gasteiger partial charge in [-0.05, 0) is 12.1 Å². The molecule has 39 heavy (non-hydrogen) atoms. The van der Waals surface area contributed by atoms with Gasteiger partial charge in [0.25, 0.3) is 11.4 Å². The van der Waals surface area contributed by atoms with E-state index in [9.17, 15) is 35.2 Å². The Hall–Kier alpha value is -4.81. The third-order valence-electron chi connectivity index (χ3n) is 5.64. The predicted octanol–water partition coefficient (Wildman–Crippen LogP) is 6.99. The van der Waals surface area contributed by atoms with Gasteiger partial charge in [0.1, 0.15) is 16.9 Å². The van der Waals surface area contributed by atoms with Crippen molar-refractivity contribution in [3.05, 3.63) is 115 Å². The van der Waals surface area contributed by atoms with E-state index in [0.717, 1.165) is 11.8 Å². The molecule has 0 fully saturated rings. The minimum absolute atomic E-state index is 0.0759. The highest BCUT2D eigenvalue weighted by Gasteiger charge is 2.28. The lowest BCUT2D eigenvalue weighted by molar-refractivity contribution is -0.387. The number of hydrogen-bond donors (Lipinski definition) is 2. The van der Waals surface area contributed by atoms with Gasteiger partial charge in [-0.15, -0.1) is 0 Å². The SMILES string of the molecule is O=c1cc(-c2ccccc2)oc2c(Sc3ccccc3[N+](=O)[O-])c(O)c(Sc3ccccc3[N+](=O)[O-])c(O)c12. The van der Waals surface area contributed by atoms with E-state index in [1.54, 1.807) is 42.5 Å². The zero-order valence-corrected chi connectivity index (χ0v) is 21.3. The second kappa shape index (κ2) is 10.5. The average Bonchev–Trinajstić information content (AvgIpc) is 2.93. The number of hydrogen-bond acceptors (Lipinski definition) is 10. The van der Waals surface area contributed by atoms with Crippen molar-refractivity contribution in [2.24, 2.45) is 0 Å². The third-order valence-corrected chi connectivity index (χ3v) is 7.95. The first-order valence-electron chi connectivity index (χ1n) is 11.2. The Bertz CT molecular complexity index is 1820. The minimum Gasteiger partial charge on any atom is -0.506 e. The lowest BCUT2D eigenvalue weighted by atomic mass is 10.1. The van der Waals surface area contributed by atoms with Crippen LogP contribution in [0, 0.1) is 20.2 Å². The Morgan fingerprint density at radius 3 is 1.77 bits per heavy atom. The second-order valence-electron chi connectivity index (χ2n) is 8.05. The smallest absolute Gasteiger partial charge is 0.283 e. The molecule has 12 heteroatoms. The van der Waals surface area contributed by atoms with E-state index >= 15 is 0 Å². The number of para-hydroxylation sites is 2. The van der Waals surface area contributed by atoms with E-state index in [0.29, 0.717) is 17.3 Å². The molecule has 0 atom stereocenters. The maximum atomic E-state index is 13.3. The number of nitro benzene ring substituents is 2. The molecular weight excluding hydrogens is 544 g/mol. The van der Waals surface area contributed by atoms with Crippen molar-refractivity contribution >= 4 is 45.9 Å². The molecule has 0 amide bonds. The number of phenolic OH excluding ortho intramolecular Hbond substituents is 2. The van der Waals surface area contributed by atoms with Crippen molar-refractivity contribution in [3.8, 4) is 22.8 Å². The molecular formula is C27H16N2O8S2. The summed E-state index contributed by atoms with van der Waals surface area (Å²) < 4.78 is 6.03. The van der Waals surface area contributed by atoms with Crippen LogP contribution in [0.2, 0.25) is 0 Å². The number of phenols is 2. The summed E-state index contributed by atoms with van der Waals surface area (Å²) in [4.78, 5) is 35.3. The van der Waals surface area contributed by atoms with Gasteiger partial charge in [0.2, 0.25) is 0 Å². The summed E-state index contributed by atoms with van der Waals surface area (Å²) in [6.07, 6.45) is 0. The molecule has 0 aliphatic carbocycles. The van der Waals surface area contributed by atoms with E-state index in [1.165, 1.54) is 42.5 Å². The predicted molar refractivity (Wildman–Crippen MR) is 146 cm³/mol. The van der Waals surface area contributed by atoms with Gasteiger partial charge in [0.15, 0.2) is 16.8 Å². The number of rotatable bonds is 7. The minimum atomic E-state index is -0.638. The Morgan fingerprint density at radius 2 is 1.21 bits per heavy atom. The Morgan fingerprint density at radius 1 is 0.692 bits per heavy atom. The normalized spacial score (nSPS) is 11.0. The number of fused-ring (bicyclic) bond motifs is 1. The van der Waals surface area contributed by atoms with Gasteiger partial charge < -0.3 is 14.6 Å². The first-order valence-corrected chi connectivity index (χ1v) is 12.8. The highest BCUT2D eigenvalue weighted by atomic mass is 32.2. The fraction of sp³-hybridized carbons (Fsp3) is 0. The van der Waals surface area contributed by atoms with Crippen LogP contribution in [-0.2, 0) is 0 Å². The molecule has 5 rings (SSSR count). The molecule has 0 saturated heterocycles. The third kappa shape index (κ3) is 4.90. The van der Waals surface area contributed by atoms with E-state index in [-0.39, 0.29) is 47.7 Å². The number of benzene rings is 4. The van der Waals surface area contributed by atoms with Crippen molar-refractivity contribution in [2.75, 3.05) is 0 Å². The van der Waals surface area contributed by atoms with Crippen LogP contribution in [0.5, 0.6) is 11.5 Å². The summed E-state index contributed by atoms with van der Waals surface area (Å²) in [5.41, 5.74) is -0.804. The summed E-state index contributed by atoms with van der Waals surface area (Å²) in [6, 6.07) is 21.4. The van der Waals surface area contributed by atoms with E-state index < -0.39 is 26.8 Å². The van der Waals surface area contributed by atoms with E-state index in [1.807, 2.05) is 0 Å². The van der Waals surface area contributed by atoms with Gasteiger partial charge in [-0.1, -0.05) is 78.1 Å². The molecule has 1 aromatic heterocycles. The lowest BCUT2D eigenvalue weighted by Crippen LogP contribution is -2.03. The van der Waals surface area contributed by atoms with Gasteiger partial charge in [-0.2, -0.15) is 0 Å². The quantitative estimate of drug-likeness (QED) is 0.157. The molecule has 4 aromatic carbocycles. The van der Waals surface area contributed by atoms with Crippen LogP contribution in [0.25, 0.3) is 22.3 Å². The van der Waals surface area contributed by atoms with Crippen LogP contribution < -0.4 is 5.43 Å². The fourth-order valence-electron chi connectivity index (χ4n) is 3.86. The molecule has 0 saturated carbocycles. The van der Waals surface area contributed by atoms with Gasteiger partial charge in [-0.3, -0.25) is 25.0 Å². The van der Waals surface area contributed by atoms with E-state index in [4.69, 9.17) is 4.42 Å². The van der Waals surface area contributed by atoms with Crippen molar-refractivity contribution in [2.45, 2.75) is 19.6 Å².